The number of ether oxygens (including phenoxy) is 1. The third-order valence-corrected chi connectivity index (χ3v) is 3.52. The van der Waals surface area contributed by atoms with Gasteiger partial charge in [-0.25, -0.2) is 4.79 Å². The van der Waals surface area contributed by atoms with Crippen LogP contribution in [-0.2, 0) is 13.8 Å². The molecule has 166 valence electrons. The molecule has 18 heteroatoms. The Morgan fingerprint density at radius 3 is 2.21 bits per heavy atom. The van der Waals surface area contributed by atoms with Crippen LogP contribution in [0.2, 0.25) is 0 Å². The quantitative estimate of drug-likeness (QED) is 0.314. The van der Waals surface area contributed by atoms with Crippen molar-refractivity contribution in [1.29, 1.82) is 0 Å². The molecule has 14 N–H and O–H groups in total. The van der Waals surface area contributed by atoms with Gasteiger partial charge >= 0.3 is 43.4 Å². The molecule has 28 heavy (non-hydrogen) atoms. The Labute approximate surface area is 187 Å². The van der Waals surface area contributed by atoms with Gasteiger partial charge in [0.05, 0.1) is 20.5 Å². The van der Waals surface area contributed by atoms with Crippen LogP contribution in [0.1, 0.15) is 18.2 Å². The number of nitrogens with one attached hydrogen (secondary N) is 1. The largest absolute Gasteiger partial charge is 2.00 e. The van der Waals surface area contributed by atoms with Crippen LogP contribution in [0.3, 0.4) is 0 Å². The summed E-state index contributed by atoms with van der Waals surface area (Å²) in [6.07, 6.45) is -1.81. The van der Waals surface area contributed by atoms with Crippen LogP contribution in [0.15, 0.2) is 15.8 Å². The molecule has 0 radical (unpaired) electrons. The Bertz CT molecular complexity index is 689. The van der Waals surface area contributed by atoms with Gasteiger partial charge in [-0.2, -0.15) is 0 Å². The number of aromatic nitrogens is 2. The number of hydrogen-bond acceptors (Lipinski definition) is 8. The van der Waals surface area contributed by atoms with Gasteiger partial charge in [-0.1, -0.05) is 0 Å². The van der Waals surface area contributed by atoms with Crippen LogP contribution in [0.4, 0.5) is 0 Å². The third kappa shape index (κ3) is 11.1. The molecule has 0 aliphatic carbocycles. The van der Waals surface area contributed by atoms with E-state index in [0.717, 1.165) is 4.57 Å². The molecule has 1 saturated heterocycles. The first-order valence-electron chi connectivity index (χ1n) is 5.99. The van der Waals surface area contributed by atoms with Crippen molar-refractivity contribution in [1.82, 2.24) is 9.55 Å². The summed E-state index contributed by atoms with van der Waals surface area (Å²) in [5.74, 6) is 0. The zero-order valence-electron chi connectivity index (χ0n) is 14.6. The Hall–Kier alpha value is -0.270. The second-order valence-electron chi connectivity index (χ2n) is 4.65. The van der Waals surface area contributed by atoms with E-state index < -0.39 is 44.1 Å². The zero-order valence-corrected chi connectivity index (χ0v) is 17.7. The van der Waals surface area contributed by atoms with E-state index in [0.29, 0.717) is 0 Å². The summed E-state index contributed by atoms with van der Waals surface area (Å²) in [7, 11) is -5.17. The third-order valence-electron chi connectivity index (χ3n) is 3.06. The number of aliphatic hydroxyl groups is 1. The van der Waals surface area contributed by atoms with E-state index in [2.05, 4.69) is 9.51 Å². The Morgan fingerprint density at radius 2 is 1.75 bits per heavy atom. The average molecular weight is 468 g/mol. The van der Waals surface area contributed by atoms with Crippen molar-refractivity contribution in [3.05, 3.63) is 32.6 Å². The van der Waals surface area contributed by atoms with E-state index in [-0.39, 0.29) is 82.6 Å². The zero-order chi connectivity index (χ0) is 15.8. The van der Waals surface area contributed by atoms with Crippen LogP contribution < -0.4 is 21.0 Å². The summed E-state index contributed by atoms with van der Waals surface area (Å²) < 4.78 is 20.8. The number of hydrogen-bond donors (Lipinski definition) is 2. The summed E-state index contributed by atoms with van der Waals surface area (Å²) in [5.41, 5.74) is -0.980. The summed E-state index contributed by atoms with van der Waals surface area (Å²) >= 11 is 0. The van der Waals surface area contributed by atoms with Crippen molar-refractivity contribution >= 4 is 45.6 Å². The van der Waals surface area contributed by atoms with E-state index in [1.807, 2.05) is 0 Å². The van der Waals surface area contributed by atoms with E-state index >= 15 is 0 Å². The van der Waals surface area contributed by atoms with Crippen molar-refractivity contribution in [2.24, 2.45) is 0 Å². The number of aromatic amines is 1. The van der Waals surface area contributed by atoms with E-state index in [1.54, 1.807) is 0 Å². The molecule has 0 aromatic carbocycles. The normalized spacial score (nSPS) is 19.6. The minimum absolute atomic E-state index is 0. The number of H-pyrrole nitrogens is 1. The molecule has 1 aromatic rings. The Balaban J connectivity index is -0.000000173. The smallest absolute Gasteiger partial charge is 0.790 e. The molecule has 3 atom stereocenters. The molecular weight excluding hydrogens is 443 g/mol. The predicted octanol–water partition coefficient (Wildman–Crippen LogP) is -7.99. The molecule has 2 heterocycles. The fraction of sp³-hybridized carbons (Fsp3) is 0.600. The molecule has 16 nitrogen and oxygen atoms in total. The molecule has 1 aliphatic rings. The topological polar surface area (TPSA) is 346 Å². The maximum absolute atomic E-state index is 11.7. The van der Waals surface area contributed by atoms with Crippen molar-refractivity contribution in [3.63, 3.8) is 0 Å². The number of aliphatic hydroxyl groups excluding tert-OH is 1. The molecular formula is C10H25CaN2O14P. The van der Waals surface area contributed by atoms with Crippen LogP contribution in [0.5, 0.6) is 0 Å². The molecule has 0 spiro atoms. The number of rotatable bonds is 4. The van der Waals surface area contributed by atoms with E-state index in [1.165, 1.54) is 13.1 Å². The maximum Gasteiger partial charge on any atom is 2.00 e. The van der Waals surface area contributed by atoms with Crippen LogP contribution >= 0.6 is 7.82 Å². The molecule has 1 aromatic heterocycles. The molecule has 0 amide bonds. The minimum Gasteiger partial charge on any atom is -0.790 e. The van der Waals surface area contributed by atoms with Gasteiger partial charge in [-0.05, 0) is 6.92 Å². The molecule has 2 rings (SSSR count). The Morgan fingerprint density at radius 1 is 1.25 bits per heavy atom. The molecule has 0 saturated carbocycles. The minimum atomic E-state index is -5.17. The number of phosphoric ester groups is 1. The van der Waals surface area contributed by atoms with Crippen molar-refractivity contribution in [2.45, 2.75) is 31.8 Å². The summed E-state index contributed by atoms with van der Waals surface area (Å²) in [5, 5.41) is 9.75. The van der Waals surface area contributed by atoms with Crippen LogP contribution in [0, 0.1) is 6.92 Å². The second-order valence-corrected chi connectivity index (χ2v) is 5.81. The number of phosphoric acid groups is 1. The molecule has 0 bridgehead atoms. The van der Waals surface area contributed by atoms with Crippen molar-refractivity contribution in [3.8, 4) is 0 Å². The summed E-state index contributed by atoms with van der Waals surface area (Å²) in [6, 6.07) is 0. The number of aryl methyl sites for hydroxylation is 1. The van der Waals surface area contributed by atoms with Gasteiger partial charge in [0, 0.05) is 18.2 Å². The molecule has 1 aliphatic heterocycles. The van der Waals surface area contributed by atoms with Gasteiger partial charge in [-0.15, -0.1) is 0 Å². The maximum atomic E-state index is 11.7. The van der Waals surface area contributed by atoms with Gasteiger partial charge in [0.1, 0.15) is 12.3 Å². The summed E-state index contributed by atoms with van der Waals surface area (Å²) in [4.78, 5) is 45.8. The second kappa shape index (κ2) is 16.5. The van der Waals surface area contributed by atoms with Gasteiger partial charge < -0.3 is 61.6 Å². The van der Waals surface area contributed by atoms with Crippen molar-refractivity contribution < 1.29 is 61.6 Å². The standard InChI is InChI=1S/C10H15N2O8P.Ca.6H2O/c1-5-3-12(10(15)11-9(5)14)8-2-6(13)7(20-8)4-19-21(16,17)18;;;;;;;/h3,6-8,13H,2,4H2,1H3,(H,11,14,15)(H2,16,17,18);;6*1H2/q;+2;;;;;;/p-2/t6-,7+,8+;;;;;;;/m0......./s1. The monoisotopic (exact) mass is 468 g/mol. The number of nitrogens with zero attached hydrogens (tertiary/aromatic N) is 1. The average Bonchev–Trinajstić information content (AvgIpc) is 2.72. The van der Waals surface area contributed by atoms with Gasteiger partial charge in [0.2, 0.25) is 0 Å². The first-order valence-corrected chi connectivity index (χ1v) is 7.45. The predicted molar refractivity (Wildman–Crippen MR) is 91.6 cm³/mol. The summed E-state index contributed by atoms with van der Waals surface area (Å²) in [6.45, 7) is 0.852. The Kier molecular flexibility index (Phi) is 24.8. The van der Waals surface area contributed by atoms with Crippen molar-refractivity contribution in [2.75, 3.05) is 6.61 Å². The fourth-order valence-electron chi connectivity index (χ4n) is 2.00. The SMILES string of the molecule is Cc1cn([C@H]2C[C@H](O)[C@@H](COP(=O)([O-])[O-])O2)c(=O)[nH]c1=O.O.O.O.O.O.O.[Ca+2]. The van der Waals surface area contributed by atoms with Gasteiger partial charge in [0.15, 0.2) is 0 Å². The molecule has 1 fully saturated rings. The van der Waals surface area contributed by atoms with E-state index in [4.69, 9.17) is 4.74 Å². The van der Waals surface area contributed by atoms with Crippen LogP contribution in [-0.4, -0.2) is 104 Å². The first kappa shape index (κ1) is 42.0. The van der Waals surface area contributed by atoms with Crippen LogP contribution in [0.25, 0.3) is 0 Å². The van der Waals surface area contributed by atoms with E-state index in [9.17, 15) is 29.0 Å². The first-order chi connectivity index (χ1) is 9.67. The molecule has 0 unspecified atom stereocenters. The van der Waals surface area contributed by atoms with Gasteiger partial charge in [-0.3, -0.25) is 14.3 Å². The van der Waals surface area contributed by atoms with Gasteiger partial charge in [0.25, 0.3) is 5.56 Å². The fourth-order valence-corrected chi connectivity index (χ4v) is 2.33.